The van der Waals surface area contributed by atoms with Gasteiger partial charge in [0.05, 0.1) is 0 Å². The van der Waals surface area contributed by atoms with E-state index in [0.29, 0.717) is 6.61 Å². The second-order valence-corrected chi connectivity index (χ2v) is 3.46. The molecule has 0 aliphatic carbocycles. The monoisotopic (exact) mass is 173 g/mol. The highest BCUT2D eigenvalue weighted by Crippen LogP contribution is 2.21. The van der Waals surface area contributed by atoms with Gasteiger partial charge in [-0.25, -0.2) is 0 Å². The van der Waals surface area contributed by atoms with Crippen molar-refractivity contribution in [2.75, 3.05) is 13.7 Å². The quantitative estimate of drug-likeness (QED) is 0.616. The van der Waals surface area contributed by atoms with Crippen LogP contribution < -0.4 is 5.32 Å². The molecule has 0 aliphatic heterocycles. The molecule has 2 N–H and O–H groups in total. The van der Waals surface area contributed by atoms with Crippen molar-refractivity contribution in [3.63, 3.8) is 0 Å². The fourth-order valence-electron chi connectivity index (χ4n) is 1.63. The Hall–Kier alpha value is -0.0800. The molecule has 0 saturated carbocycles. The van der Waals surface area contributed by atoms with Crippen molar-refractivity contribution in [2.45, 2.75) is 51.5 Å². The lowest BCUT2D eigenvalue weighted by Crippen LogP contribution is -2.43. The lowest BCUT2D eigenvalue weighted by atomic mass is 9.87. The van der Waals surface area contributed by atoms with Crippen molar-refractivity contribution < 1.29 is 5.11 Å². The Morgan fingerprint density at radius 3 is 2.25 bits per heavy atom. The van der Waals surface area contributed by atoms with E-state index in [1.807, 2.05) is 7.05 Å². The van der Waals surface area contributed by atoms with Crippen LogP contribution in [0.2, 0.25) is 0 Å². The van der Waals surface area contributed by atoms with E-state index >= 15 is 0 Å². The Bertz CT molecular complexity index is 100. The molecule has 0 aromatic heterocycles. The van der Waals surface area contributed by atoms with Crippen LogP contribution in [-0.2, 0) is 0 Å². The summed E-state index contributed by atoms with van der Waals surface area (Å²) in [7, 11) is 1.99. The van der Waals surface area contributed by atoms with Crippen molar-refractivity contribution >= 4 is 0 Å². The molecule has 12 heavy (non-hydrogen) atoms. The smallest absolute Gasteiger partial charge is 0.0448 e. The van der Waals surface area contributed by atoms with E-state index in [1.165, 1.54) is 19.3 Å². The third-order valence-corrected chi connectivity index (χ3v) is 2.81. The molecule has 0 heterocycles. The fraction of sp³-hybridized carbons (Fsp3) is 1.00. The molecule has 2 heteroatoms. The highest BCUT2D eigenvalue weighted by molar-refractivity contribution is 4.84. The average molecular weight is 173 g/mol. The van der Waals surface area contributed by atoms with Gasteiger partial charge in [0.2, 0.25) is 0 Å². The molecule has 0 saturated heterocycles. The molecule has 0 aromatic rings. The van der Waals surface area contributed by atoms with Crippen molar-refractivity contribution in [2.24, 2.45) is 0 Å². The van der Waals surface area contributed by atoms with Crippen LogP contribution >= 0.6 is 0 Å². The van der Waals surface area contributed by atoms with E-state index in [9.17, 15) is 0 Å². The fourth-order valence-corrected chi connectivity index (χ4v) is 1.63. The van der Waals surface area contributed by atoms with E-state index < -0.39 is 0 Å². The molecule has 74 valence electrons. The Kier molecular flexibility index (Phi) is 6.39. The number of hydrogen-bond acceptors (Lipinski definition) is 2. The molecule has 1 unspecified atom stereocenters. The van der Waals surface area contributed by atoms with Crippen LogP contribution in [0.25, 0.3) is 0 Å². The SMILES string of the molecule is CCCCC(CC)(CCO)NC. The van der Waals surface area contributed by atoms with Gasteiger partial charge >= 0.3 is 0 Å². The Morgan fingerprint density at radius 1 is 1.25 bits per heavy atom. The van der Waals surface area contributed by atoms with Crippen molar-refractivity contribution in [3.05, 3.63) is 0 Å². The average Bonchev–Trinajstić information content (AvgIpc) is 2.13. The van der Waals surface area contributed by atoms with E-state index in [1.54, 1.807) is 0 Å². The molecule has 0 aromatic carbocycles. The van der Waals surface area contributed by atoms with Gasteiger partial charge in [-0.1, -0.05) is 26.7 Å². The van der Waals surface area contributed by atoms with Gasteiger partial charge < -0.3 is 10.4 Å². The van der Waals surface area contributed by atoms with Gasteiger partial charge in [0, 0.05) is 12.1 Å². The Morgan fingerprint density at radius 2 is 1.92 bits per heavy atom. The maximum Gasteiger partial charge on any atom is 0.0448 e. The predicted molar refractivity (Wildman–Crippen MR) is 53.3 cm³/mol. The number of hydrogen-bond donors (Lipinski definition) is 2. The maximum atomic E-state index is 8.92. The van der Waals surface area contributed by atoms with Gasteiger partial charge in [-0.05, 0) is 26.3 Å². The first-order chi connectivity index (χ1) is 5.74. The van der Waals surface area contributed by atoms with Crippen LogP contribution in [0, 0.1) is 0 Å². The number of nitrogens with one attached hydrogen (secondary N) is 1. The zero-order chi connectivity index (χ0) is 9.45. The summed E-state index contributed by atoms with van der Waals surface area (Å²) in [5.74, 6) is 0. The molecule has 0 amide bonds. The van der Waals surface area contributed by atoms with Crippen LogP contribution in [-0.4, -0.2) is 24.3 Å². The molecule has 0 rings (SSSR count). The summed E-state index contributed by atoms with van der Waals surface area (Å²) in [5, 5.41) is 12.3. The Balaban J connectivity index is 3.95. The summed E-state index contributed by atoms with van der Waals surface area (Å²) in [6, 6.07) is 0. The van der Waals surface area contributed by atoms with Crippen molar-refractivity contribution in [3.8, 4) is 0 Å². The summed E-state index contributed by atoms with van der Waals surface area (Å²) in [5.41, 5.74) is 0.185. The first kappa shape index (κ1) is 11.9. The molecular formula is C10H23NO. The van der Waals surface area contributed by atoms with Crippen LogP contribution in [0.15, 0.2) is 0 Å². The van der Waals surface area contributed by atoms with Crippen LogP contribution in [0.1, 0.15) is 46.0 Å². The molecule has 0 spiro atoms. The third-order valence-electron chi connectivity index (χ3n) is 2.81. The van der Waals surface area contributed by atoms with E-state index in [4.69, 9.17) is 5.11 Å². The lowest BCUT2D eigenvalue weighted by molar-refractivity contribution is 0.199. The number of unbranched alkanes of at least 4 members (excludes halogenated alkanes) is 1. The van der Waals surface area contributed by atoms with E-state index in [-0.39, 0.29) is 5.54 Å². The van der Waals surface area contributed by atoms with Crippen molar-refractivity contribution in [1.29, 1.82) is 0 Å². The van der Waals surface area contributed by atoms with Gasteiger partial charge in [-0.3, -0.25) is 0 Å². The maximum absolute atomic E-state index is 8.92. The predicted octanol–water partition coefficient (Wildman–Crippen LogP) is 1.93. The molecule has 0 fully saturated rings. The van der Waals surface area contributed by atoms with Gasteiger partial charge in [-0.2, -0.15) is 0 Å². The van der Waals surface area contributed by atoms with E-state index in [0.717, 1.165) is 12.8 Å². The zero-order valence-electron chi connectivity index (χ0n) is 8.69. The number of aliphatic hydroxyl groups excluding tert-OH is 1. The molecule has 0 bridgehead atoms. The molecule has 0 radical (unpaired) electrons. The standard InChI is InChI=1S/C10H23NO/c1-4-6-7-10(5-2,11-3)8-9-12/h11-12H,4-9H2,1-3H3. The highest BCUT2D eigenvalue weighted by atomic mass is 16.3. The summed E-state index contributed by atoms with van der Waals surface area (Å²) in [4.78, 5) is 0. The highest BCUT2D eigenvalue weighted by Gasteiger charge is 2.23. The van der Waals surface area contributed by atoms with Crippen LogP contribution in [0.5, 0.6) is 0 Å². The number of rotatable bonds is 7. The van der Waals surface area contributed by atoms with Gasteiger partial charge in [0.25, 0.3) is 0 Å². The molecule has 2 nitrogen and oxygen atoms in total. The third kappa shape index (κ3) is 3.55. The summed E-state index contributed by atoms with van der Waals surface area (Å²) < 4.78 is 0. The first-order valence-corrected chi connectivity index (χ1v) is 5.04. The first-order valence-electron chi connectivity index (χ1n) is 5.04. The minimum atomic E-state index is 0.185. The van der Waals surface area contributed by atoms with Gasteiger partial charge in [-0.15, -0.1) is 0 Å². The summed E-state index contributed by atoms with van der Waals surface area (Å²) >= 11 is 0. The lowest BCUT2D eigenvalue weighted by Gasteiger charge is -2.32. The normalized spacial score (nSPS) is 16.0. The largest absolute Gasteiger partial charge is 0.396 e. The zero-order valence-corrected chi connectivity index (χ0v) is 8.69. The molecule has 0 aliphatic rings. The minimum Gasteiger partial charge on any atom is -0.396 e. The molecular weight excluding hydrogens is 150 g/mol. The second-order valence-electron chi connectivity index (χ2n) is 3.46. The van der Waals surface area contributed by atoms with Gasteiger partial charge in [0.15, 0.2) is 0 Å². The summed E-state index contributed by atoms with van der Waals surface area (Å²) in [6.07, 6.45) is 5.63. The minimum absolute atomic E-state index is 0.185. The Labute approximate surface area is 76.4 Å². The second kappa shape index (κ2) is 6.44. The summed E-state index contributed by atoms with van der Waals surface area (Å²) in [6.45, 7) is 4.68. The van der Waals surface area contributed by atoms with Gasteiger partial charge in [0.1, 0.15) is 0 Å². The topological polar surface area (TPSA) is 32.3 Å². The van der Waals surface area contributed by atoms with Crippen LogP contribution in [0.3, 0.4) is 0 Å². The van der Waals surface area contributed by atoms with E-state index in [2.05, 4.69) is 19.2 Å². The number of aliphatic hydroxyl groups is 1. The van der Waals surface area contributed by atoms with Crippen molar-refractivity contribution in [1.82, 2.24) is 5.32 Å². The van der Waals surface area contributed by atoms with Crippen LogP contribution in [0.4, 0.5) is 0 Å². The molecule has 1 atom stereocenters.